The van der Waals surface area contributed by atoms with Gasteiger partial charge in [-0.25, -0.2) is 4.39 Å². The van der Waals surface area contributed by atoms with E-state index in [4.69, 9.17) is 4.99 Å². The Hall–Kier alpha value is -2.79. The molecule has 0 aromatic heterocycles. The average molecular weight is 490 g/mol. The van der Waals surface area contributed by atoms with Crippen molar-refractivity contribution in [1.29, 1.82) is 0 Å². The molecule has 2 fully saturated rings. The second-order valence-electron chi connectivity index (χ2n) is 10.5. The van der Waals surface area contributed by atoms with E-state index in [9.17, 15) is 9.18 Å². The van der Waals surface area contributed by atoms with Gasteiger partial charge in [-0.05, 0) is 118 Å². The maximum Gasteiger partial charge on any atom is 0.237 e. The summed E-state index contributed by atoms with van der Waals surface area (Å²) in [6, 6.07) is 11.4. The first kappa shape index (κ1) is 26.3. The molecule has 1 heterocycles. The van der Waals surface area contributed by atoms with E-state index < -0.39 is 0 Å². The molecule has 2 aliphatic rings. The smallest absolute Gasteiger partial charge is 0.237 e. The topological polar surface area (TPSA) is 44.7 Å². The Balaban J connectivity index is 1.57. The van der Waals surface area contributed by atoms with Crippen molar-refractivity contribution in [2.75, 3.05) is 20.1 Å². The molecular weight excluding hydrogens is 449 g/mol. The maximum absolute atomic E-state index is 13.8. The summed E-state index contributed by atoms with van der Waals surface area (Å²) in [5, 5.41) is 3.18. The van der Waals surface area contributed by atoms with Crippen LogP contribution in [-0.2, 0) is 4.79 Å². The molecule has 0 unspecified atom stereocenters. The monoisotopic (exact) mass is 489 g/mol. The highest BCUT2D eigenvalue weighted by atomic mass is 19.1. The van der Waals surface area contributed by atoms with Crippen LogP contribution in [0, 0.1) is 25.6 Å². The van der Waals surface area contributed by atoms with Crippen molar-refractivity contribution >= 4 is 22.9 Å². The van der Waals surface area contributed by atoms with Crippen molar-refractivity contribution in [3.05, 3.63) is 70.5 Å². The third-order valence-electron chi connectivity index (χ3n) is 7.73. The molecule has 1 amide bonds. The van der Waals surface area contributed by atoms with Gasteiger partial charge in [0.25, 0.3) is 0 Å². The third-order valence-corrected chi connectivity index (χ3v) is 7.73. The van der Waals surface area contributed by atoms with Crippen LogP contribution in [0.25, 0.3) is 5.57 Å². The highest BCUT2D eigenvalue weighted by Crippen LogP contribution is 2.33. The van der Waals surface area contributed by atoms with Crippen molar-refractivity contribution in [2.24, 2.45) is 10.9 Å². The zero-order chi connectivity index (χ0) is 25.7. The highest BCUT2D eigenvalue weighted by molar-refractivity contribution is 5.95. The average Bonchev–Trinajstić information content (AvgIpc) is 3.24. The number of benzene rings is 2. The van der Waals surface area contributed by atoms with E-state index in [-0.39, 0.29) is 17.8 Å². The molecule has 1 saturated heterocycles. The normalized spacial score (nSPS) is 19.4. The molecule has 192 valence electrons. The summed E-state index contributed by atoms with van der Waals surface area (Å²) in [5.74, 6) is 0.365. The zero-order valence-electron chi connectivity index (χ0n) is 22.2. The Morgan fingerprint density at radius 2 is 1.92 bits per heavy atom. The molecule has 0 spiro atoms. The minimum atomic E-state index is -0.206. The lowest BCUT2D eigenvalue weighted by atomic mass is 9.81. The summed E-state index contributed by atoms with van der Waals surface area (Å²) in [6.07, 6.45) is 9.80. The number of nitrogens with one attached hydrogen (secondary N) is 1. The van der Waals surface area contributed by atoms with E-state index >= 15 is 0 Å². The van der Waals surface area contributed by atoms with Gasteiger partial charge in [-0.15, -0.1) is 0 Å². The van der Waals surface area contributed by atoms with Crippen LogP contribution in [0.4, 0.5) is 10.1 Å². The molecule has 0 radical (unpaired) electrons. The Bertz CT molecular complexity index is 1150. The molecule has 1 N–H and O–H groups in total. The Labute approximate surface area is 215 Å². The Morgan fingerprint density at radius 3 is 2.53 bits per heavy atom. The SMILES string of the molecule is CCC/C=C(/c1ccc(N=C(CNC(=O)[C@@H]2CCCN2C)C2CCC2)c(C)c1)c1ccc(F)cc1C. The molecule has 0 bridgehead atoms. The number of unbranched alkanes of at least 4 members (excludes halogenated alkanes) is 1. The van der Waals surface area contributed by atoms with Gasteiger partial charge in [0.05, 0.1) is 18.3 Å². The molecule has 1 aliphatic heterocycles. The summed E-state index contributed by atoms with van der Waals surface area (Å²) in [5.41, 5.74) is 7.41. The van der Waals surface area contributed by atoms with Crippen LogP contribution in [0.3, 0.4) is 0 Å². The highest BCUT2D eigenvalue weighted by Gasteiger charge is 2.29. The molecule has 1 aliphatic carbocycles. The van der Waals surface area contributed by atoms with Crippen LogP contribution in [-0.4, -0.2) is 42.7 Å². The van der Waals surface area contributed by atoms with E-state index in [2.05, 4.69) is 48.3 Å². The number of likely N-dealkylation sites (tertiary alicyclic amines) is 1. The number of hydrogen-bond acceptors (Lipinski definition) is 3. The van der Waals surface area contributed by atoms with Gasteiger partial charge < -0.3 is 5.32 Å². The molecule has 36 heavy (non-hydrogen) atoms. The minimum absolute atomic E-state index is 0.0168. The quantitative estimate of drug-likeness (QED) is 0.396. The number of halogens is 1. The molecule has 4 nitrogen and oxygen atoms in total. The zero-order valence-corrected chi connectivity index (χ0v) is 22.2. The molecule has 4 rings (SSSR count). The van der Waals surface area contributed by atoms with Crippen molar-refractivity contribution in [1.82, 2.24) is 10.2 Å². The number of aryl methyl sites for hydroxylation is 2. The van der Waals surface area contributed by atoms with Gasteiger partial charge in [0.2, 0.25) is 5.91 Å². The van der Waals surface area contributed by atoms with E-state index in [1.165, 1.54) is 12.5 Å². The van der Waals surface area contributed by atoms with Crippen molar-refractivity contribution in [3.8, 4) is 0 Å². The van der Waals surface area contributed by atoms with Crippen LogP contribution >= 0.6 is 0 Å². The summed E-state index contributed by atoms with van der Waals surface area (Å²) in [4.78, 5) is 20.0. The number of carbonyl (C=O) groups excluding carboxylic acids is 1. The Morgan fingerprint density at radius 1 is 1.11 bits per heavy atom. The van der Waals surface area contributed by atoms with Crippen molar-refractivity contribution < 1.29 is 9.18 Å². The van der Waals surface area contributed by atoms with Crippen LogP contribution in [0.1, 0.15) is 74.1 Å². The van der Waals surface area contributed by atoms with Gasteiger partial charge in [-0.2, -0.15) is 0 Å². The second kappa shape index (κ2) is 12.0. The summed E-state index contributed by atoms with van der Waals surface area (Å²) < 4.78 is 13.8. The fourth-order valence-corrected chi connectivity index (χ4v) is 5.26. The molecule has 1 atom stereocenters. The molecule has 5 heteroatoms. The number of amides is 1. The fourth-order valence-electron chi connectivity index (χ4n) is 5.26. The number of rotatable bonds is 9. The lowest BCUT2D eigenvalue weighted by molar-refractivity contribution is -0.124. The summed E-state index contributed by atoms with van der Waals surface area (Å²) >= 11 is 0. The van der Waals surface area contributed by atoms with Crippen LogP contribution in [0.15, 0.2) is 47.5 Å². The maximum atomic E-state index is 13.8. The first-order chi connectivity index (χ1) is 17.4. The van der Waals surface area contributed by atoms with Gasteiger partial charge in [-0.1, -0.05) is 38.0 Å². The van der Waals surface area contributed by atoms with Crippen LogP contribution in [0.2, 0.25) is 0 Å². The number of likely N-dealkylation sites (N-methyl/N-ethyl adjacent to an activating group) is 1. The fraction of sp³-hybridized carbons (Fsp3) is 0.484. The van der Waals surface area contributed by atoms with Gasteiger partial charge in [0.15, 0.2) is 0 Å². The molecule has 2 aromatic carbocycles. The van der Waals surface area contributed by atoms with Gasteiger partial charge in [0, 0.05) is 5.71 Å². The van der Waals surface area contributed by atoms with Gasteiger partial charge >= 0.3 is 0 Å². The van der Waals surface area contributed by atoms with E-state index in [0.29, 0.717) is 12.5 Å². The number of hydrogen-bond donors (Lipinski definition) is 1. The van der Waals surface area contributed by atoms with Crippen LogP contribution in [0.5, 0.6) is 0 Å². The number of carbonyl (C=O) groups is 1. The predicted molar refractivity (Wildman–Crippen MR) is 147 cm³/mol. The number of nitrogens with zero attached hydrogens (tertiary/aromatic N) is 2. The number of aliphatic imine (C=N–C) groups is 1. The largest absolute Gasteiger partial charge is 0.349 e. The Kier molecular flexibility index (Phi) is 8.73. The first-order valence-corrected chi connectivity index (χ1v) is 13.5. The van der Waals surface area contributed by atoms with Crippen LogP contribution < -0.4 is 5.32 Å². The predicted octanol–water partition coefficient (Wildman–Crippen LogP) is 6.76. The van der Waals surface area contributed by atoms with Gasteiger partial charge in [0.1, 0.15) is 5.82 Å². The standard InChI is InChI=1S/C31H40FN3O/c1-5-6-11-27(26-15-14-25(32)19-21(26)2)24-13-16-28(22(3)18-24)34-29(23-9-7-10-23)20-33-31(36)30-12-8-17-35(30)4/h11,13-16,18-19,23,30H,5-10,12,17,20H2,1-4H3,(H,33,36)/b27-11-,34-29?/t30-/m0/s1. The summed E-state index contributed by atoms with van der Waals surface area (Å²) in [7, 11) is 2.03. The number of allylic oxidation sites excluding steroid dienone is 1. The van der Waals surface area contributed by atoms with Crippen molar-refractivity contribution in [2.45, 2.75) is 71.8 Å². The summed E-state index contributed by atoms with van der Waals surface area (Å²) in [6.45, 7) is 7.74. The minimum Gasteiger partial charge on any atom is -0.349 e. The molecule has 1 saturated carbocycles. The van der Waals surface area contributed by atoms with E-state index in [0.717, 1.165) is 84.3 Å². The van der Waals surface area contributed by atoms with Crippen molar-refractivity contribution in [3.63, 3.8) is 0 Å². The molecular formula is C31H40FN3O. The molecule has 2 aromatic rings. The van der Waals surface area contributed by atoms with E-state index in [1.807, 2.05) is 20.0 Å². The lowest BCUT2D eigenvalue weighted by Gasteiger charge is -2.28. The second-order valence-corrected chi connectivity index (χ2v) is 10.5. The first-order valence-electron chi connectivity index (χ1n) is 13.5. The third kappa shape index (κ3) is 6.12. The van der Waals surface area contributed by atoms with E-state index in [1.54, 1.807) is 6.07 Å². The van der Waals surface area contributed by atoms with Gasteiger partial charge in [-0.3, -0.25) is 14.7 Å². The lowest BCUT2D eigenvalue weighted by Crippen LogP contribution is -2.44.